The lowest BCUT2D eigenvalue weighted by molar-refractivity contribution is -0.131. The van der Waals surface area contributed by atoms with Gasteiger partial charge in [0.1, 0.15) is 28.9 Å². The highest BCUT2D eigenvalue weighted by molar-refractivity contribution is 6.03. The van der Waals surface area contributed by atoms with Gasteiger partial charge in [0.15, 0.2) is 5.78 Å². The molecule has 0 saturated heterocycles. The maximum absolute atomic E-state index is 12.8. The van der Waals surface area contributed by atoms with E-state index in [1.165, 1.54) is 13.0 Å². The molecule has 1 aliphatic heterocycles. The Kier molecular flexibility index (Phi) is 5.31. The molecular formula is C22H22O5. The van der Waals surface area contributed by atoms with Gasteiger partial charge in [0.2, 0.25) is 0 Å². The van der Waals surface area contributed by atoms with Gasteiger partial charge < -0.3 is 14.6 Å². The summed E-state index contributed by atoms with van der Waals surface area (Å²) in [6.07, 6.45) is 2.06. The molecular weight excluding hydrogens is 344 g/mol. The Morgan fingerprint density at radius 1 is 1.26 bits per heavy atom. The summed E-state index contributed by atoms with van der Waals surface area (Å²) < 4.78 is 11.4. The van der Waals surface area contributed by atoms with Crippen molar-refractivity contribution in [3.8, 4) is 17.2 Å². The number of rotatable bonds is 4. The van der Waals surface area contributed by atoms with Crippen LogP contribution in [0.15, 0.2) is 48.0 Å². The van der Waals surface area contributed by atoms with Crippen LogP contribution in [0.4, 0.5) is 0 Å². The van der Waals surface area contributed by atoms with Crippen molar-refractivity contribution >= 4 is 11.8 Å². The molecule has 0 radical (unpaired) electrons. The molecule has 5 nitrogen and oxygen atoms in total. The lowest BCUT2D eigenvalue weighted by Crippen LogP contribution is -2.22. The zero-order valence-corrected chi connectivity index (χ0v) is 15.6. The molecule has 0 unspecified atom stereocenters. The third-order valence-electron chi connectivity index (χ3n) is 4.37. The number of ether oxygens (including phenoxy) is 2. The summed E-state index contributed by atoms with van der Waals surface area (Å²) in [5.41, 5.74) is 2.68. The van der Waals surface area contributed by atoms with Crippen LogP contribution in [-0.2, 0) is 11.2 Å². The van der Waals surface area contributed by atoms with Gasteiger partial charge >= 0.3 is 5.97 Å². The third kappa shape index (κ3) is 4.03. The van der Waals surface area contributed by atoms with Gasteiger partial charge in [-0.1, -0.05) is 42.0 Å². The van der Waals surface area contributed by atoms with E-state index in [4.69, 9.17) is 9.47 Å². The number of hydrogen-bond acceptors (Lipinski definition) is 5. The van der Waals surface area contributed by atoms with Crippen molar-refractivity contribution in [3.63, 3.8) is 0 Å². The number of ketones is 1. The number of carbonyl (C=O) groups excluding carboxylic acids is 2. The molecule has 1 heterocycles. The predicted molar refractivity (Wildman–Crippen MR) is 101 cm³/mol. The van der Waals surface area contributed by atoms with Gasteiger partial charge in [-0.3, -0.25) is 9.59 Å². The number of hydrogen-bond donors (Lipinski definition) is 1. The molecule has 0 aromatic heterocycles. The molecule has 0 saturated carbocycles. The molecule has 140 valence electrons. The normalized spacial score (nSPS) is 15.5. The molecule has 0 spiro atoms. The van der Waals surface area contributed by atoms with Crippen molar-refractivity contribution in [1.82, 2.24) is 0 Å². The summed E-state index contributed by atoms with van der Waals surface area (Å²) >= 11 is 0. The Bertz CT molecular complexity index is 908. The number of phenols is 1. The smallest absolute Gasteiger partial charge is 0.308 e. The van der Waals surface area contributed by atoms with Crippen LogP contribution < -0.4 is 9.47 Å². The van der Waals surface area contributed by atoms with Crippen molar-refractivity contribution in [2.75, 3.05) is 0 Å². The predicted octanol–water partition coefficient (Wildman–Crippen LogP) is 4.53. The minimum atomic E-state index is -0.505. The molecule has 27 heavy (non-hydrogen) atoms. The fourth-order valence-electron chi connectivity index (χ4n) is 3.12. The van der Waals surface area contributed by atoms with Crippen molar-refractivity contribution in [2.24, 2.45) is 0 Å². The maximum Gasteiger partial charge on any atom is 0.308 e. The number of allylic oxidation sites excluding steroid dienone is 2. The molecule has 3 rings (SSSR count). The van der Waals surface area contributed by atoms with Crippen LogP contribution in [0.25, 0.3) is 0 Å². The fourth-order valence-corrected chi connectivity index (χ4v) is 3.12. The summed E-state index contributed by atoms with van der Waals surface area (Å²) in [6, 6.07) is 10.8. The monoisotopic (exact) mass is 366 g/mol. The summed E-state index contributed by atoms with van der Waals surface area (Å²) in [4.78, 5) is 24.3. The van der Waals surface area contributed by atoms with Gasteiger partial charge in [0.25, 0.3) is 0 Å². The minimum Gasteiger partial charge on any atom is -0.507 e. The number of benzene rings is 2. The Morgan fingerprint density at radius 2 is 1.96 bits per heavy atom. The first kappa shape index (κ1) is 18.7. The van der Waals surface area contributed by atoms with Crippen molar-refractivity contribution in [1.29, 1.82) is 0 Å². The van der Waals surface area contributed by atoms with Crippen molar-refractivity contribution in [2.45, 2.75) is 39.7 Å². The second-order valence-electron chi connectivity index (χ2n) is 6.80. The van der Waals surface area contributed by atoms with Crippen LogP contribution in [-0.4, -0.2) is 16.9 Å². The Balaban J connectivity index is 2.14. The van der Waals surface area contributed by atoms with E-state index in [0.29, 0.717) is 12.0 Å². The zero-order chi connectivity index (χ0) is 19.6. The number of esters is 1. The average Bonchev–Trinajstić information content (AvgIpc) is 2.60. The largest absolute Gasteiger partial charge is 0.507 e. The molecule has 1 atom stereocenters. The average molecular weight is 366 g/mol. The highest BCUT2D eigenvalue weighted by atomic mass is 16.5. The molecule has 1 aliphatic rings. The van der Waals surface area contributed by atoms with Gasteiger partial charge in [0.05, 0.1) is 6.42 Å². The van der Waals surface area contributed by atoms with Gasteiger partial charge in [0, 0.05) is 18.6 Å². The first-order valence-electron chi connectivity index (χ1n) is 8.82. The van der Waals surface area contributed by atoms with Crippen LogP contribution in [0.3, 0.4) is 0 Å². The van der Waals surface area contributed by atoms with E-state index in [1.807, 2.05) is 50.3 Å². The van der Waals surface area contributed by atoms with E-state index in [0.717, 1.165) is 11.1 Å². The highest BCUT2D eigenvalue weighted by Crippen LogP contribution is 2.46. The minimum absolute atomic E-state index is 0.138. The van der Waals surface area contributed by atoms with E-state index in [-0.39, 0.29) is 35.0 Å². The summed E-state index contributed by atoms with van der Waals surface area (Å²) in [5, 5.41) is 10.4. The Morgan fingerprint density at radius 3 is 2.59 bits per heavy atom. The number of fused-ring (bicyclic) bond motifs is 1. The third-order valence-corrected chi connectivity index (χ3v) is 4.37. The molecule has 0 fully saturated rings. The molecule has 2 aromatic carbocycles. The SMILES string of the molecule is CC(=O)Oc1cc(O)c2c(c1CC=C(C)C)O[C@H](c1ccccc1)CC2=O. The van der Waals surface area contributed by atoms with Gasteiger partial charge in [-0.2, -0.15) is 0 Å². The first-order valence-corrected chi connectivity index (χ1v) is 8.82. The van der Waals surface area contributed by atoms with E-state index >= 15 is 0 Å². The Labute approximate surface area is 158 Å². The maximum atomic E-state index is 12.8. The molecule has 1 N–H and O–H groups in total. The van der Waals surface area contributed by atoms with E-state index < -0.39 is 12.1 Å². The van der Waals surface area contributed by atoms with Crippen molar-refractivity contribution < 1.29 is 24.2 Å². The molecule has 0 amide bonds. The number of Topliss-reactive ketones (excluding diaryl/α,β-unsaturated/α-hetero) is 1. The lowest BCUT2D eigenvalue weighted by atomic mass is 9.92. The van der Waals surface area contributed by atoms with Crippen LogP contribution in [0.5, 0.6) is 17.2 Å². The standard InChI is InChI=1S/C22H22O5/c1-13(2)9-10-16-20(26-14(3)23)12-18(25)21-17(24)11-19(27-22(16)21)15-7-5-4-6-8-15/h4-9,12,19,25H,10-11H2,1-3H3/t19-/m0/s1. The van der Waals surface area contributed by atoms with Crippen LogP contribution in [0.2, 0.25) is 0 Å². The second-order valence-corrected chi connectivity index (χ2v) is 6.80. The summed E-state index contributed by atoms with van der Waals surface area (Å²) in [5.74, 6) is -0.449. The second kappa shape index (κ2) is 7.66. The van der Waals surface area contributed by atoms with Gasteiger partial charge in [-0.05, 0) is 25.8 Å². The molecule has 5 heteroatoms. The molecule has 0 aliphatic carbocycles. The molecule has 0 bridgehead atoms. The van der Waals surface area contributed by atoms with Gasteiger partial charge in [-0.25, -0.2) is 0 Å². The van der Waals surface area contributed by atoms with Crippen LogP contribution >= 0.6 is 0 Å². The number of aromatic hydroxyl groups is 1. The van der Waals surface area contributed by atoms with E-state index in [1.54, 1.807) is 0 Å². The summed E-state index contributed by atoms with van der Waals surface area (Å²) in [6.45, 7) is 5.20. The number of carbonyl (C=O) groups is 2. The van der Waals surface area contributed by atoms with Crippen LogP contribution in [0, 0.1) is 0 Å². The quantitative estimate of drug-likeness (QED) is 0.489. The molecule has 2 aromatic rings. The van der Waals surface area contributed by atoms with Crippen LogP contribution in [0.1, 0.15) is 54.8 Å². The lowest BCUT2D eigenvalue weighted by Gasteiger charge is -2.28. The van der Waals surface area contributed by atoms with E-state index in [2.05, 4.69) is 0 Å². The van der Waals surface area contributed by atoms with Gasteiger partial charge in [-0.15, -0.1) is 0 Å². The Hall–Kier alpha value is -3.08. The van der Waals surface area contributed by atoms with Crippen molar-refractivity contribution in [3.05, 3.63) is 64.7 Å². The topological polar surface area (TPSA) is 72.8 Å². The fraction of sp³-hybridized carbons (Fsp3) is 0.273. The highest BCUT2D eigenvalue weighted by Gasteiger charge is 2.33. The zero-order valence-electron chi connectivity index (χ0n) is 15.6. The van der Waals surface area contributed by atoms with E-state index in [9.17, 15) is 14.7 Å². The summed E-state index contributed by atoms with van der Waals surface area (Å²) in [7, 11) is 0. The first-order chi connectivity index (χ1) is 12.9. The number of phenolic OH excluding ortho intramolecular Hbond substituents is 1.